The first-order valence-electron chi connectivity index (χ1n) is 5.80. The zero-order valence-electron chi connectivity index (χ0n) is 9.78. The van der Waals surface area contributed by atoms with Gasteiger partial charge in [0.05, 0.1) is 0 Å². The first kappa shape index (κ1) is 10.7. The van der Waals surface area contributed by atoms with Gasteiger partial charge >= 0.3 is 0 Å². The van der Waals surface area contributed by atoms with E-state index in [-0.39, 0.29) is 0 Å². The molecule has 0 aliphatic carbocycles. The van der Waals surface area contributed by atoms with Gasteiger partial charge in [-0.1, -0.05) is 18.2 Å². The van der Waals surface area contributed by atoms with Gasteiger partial charge in [0, 0.05) is 41.6 Å². The molecule has 88 valence electrons. The van der Waals surface area contributed by atoms with Crippen LogP contribution in [-0.2, 0) is 6.54 Å². The summed E-state index contributed by atoms with van der Waals surface area (Å²) < 4.78 is 2.09. The Balaban J connectivity index is 2.10. The van der Waals surface area contributed by atoms with Crippen molar-refractivity contribution in [2.24, 2.45) is 0 Å². The van der Waals surface area contributed by atoms with E-state index in [1.54, 1.807) is 12.4 Å². The van der Waals surface area contributed by atoms with Crippen LogP contribution in [-0.4, -0.2) is 15.8 Å². The van der Waals surface area contributed by atoms with Crippen molar-refractivity contribution in [3.63, 3.8) is 0 Å². The van der Waals surface area contributed by atoms with Crippen LogP contribution in [0.25, 0.3) is 10.9 Å². The van der Waals surface area contributed by atoms with Crippen LogP contribution in [0.5, 0.6) is 0 Å². The molecule has 0 saturated heterocycles. The van der Waals surface area contributed by atoms with Crippen molar-refractivity contribution < 1.29 is 4.79 Å². The number of carbonyl (C=O) groups is 1. The number of hydrogen-bond acceptors (Lipinski definition) is 2. The van der Waals surface area contributed by atoms with Gasteiger partial charge < -0.3 is 4.57 Å². The average Bonchev–Trinajstić information content (AvgIpc) is 2.78. The second-order valence-electron chi connectivity index (χ2n) is 4.20. The number of nitrogens with zero attached hydrogens (tertiary/aromatic N) is 2. The SMILES string of the molecule is O=Cc1cn(Cc2ccncc2)c2ccccc12. The number of fused-ring (bicyclic) bond motifs is 1. The second-order valence-corrected chi connectivity index (χ2v) is 4.20. The van der Waals surface area contributed by atoms with Gasteiger partial charge in [0.1, 0.15) is 0 Å². The molecule has 0 fully saturated rings. The number of rotatable bonds is 3. The molecule has 0 amide bonds. The van der Waals surface area contributed by atoms with Crippen LogP contribution in [0.2, 0.25) is 0 Å². The number of para-hydroxylation sites is 1. The molecule has 0 spiro atoms. The first-order valence-corrected chi connectivity index (χ1v) is 5.80. The van der Waals surface area contributed by atoms with E-state index in [9.17, 15) is 4.79 Å². The number of aldehydes is 1. The lowest BCUT2D eigenvalue weighted by molar-refractivity contribution is 0.112. The average molecular weight is 236 g/mol. The Bertz CT molecular complexity index is 686. The van der Waals surface area contributed by atoms with E-state index in [1.807, 2.05) is 42.6 Å². The first-order chi connectivity index (χ1) is 8.88. The zero-order chi connectivity index (χ0) is 12.4. The molecule has 3 rings (SSSR count). The molecule has 0 atom stereocenters. The molecule has 0 aliphatic heterocycles. The highest BCUT2D eigenvalue weighted by atomic mass is 16.1. The summed E-state index contributed by atoms with van der Waals surface area (Å²) in [4.78, 5) is 15.1. The van der Waals surface area contributed by atoms with Crippen molar-refractivity contribution in [3.8, 4) is 0 Å². The summed E-state index contributed by atoms with van der Waals surface area (Å²) in [6, 6.07) is 11.9. The highest BCUT2D eigenvalue weighted by molar-refractivity contribution is 5.97. The molecule has 18 heavy (non-hydrogen) atoms. The van der Waals surface area contributed by atoms with E-state index in [4.69, 9.17) is 0 Å². The summed E-state index contributed by atoms with van der Waals surface area (Å²) in [5, 5.41) is 1.00. The fourth-order valence-corrected chi connectivity index (χ4v) is 2.18. The van der Waals surface area contributed by atoms with Crippen LogP contribution in [0, 0.1) is 0 Å². The van der Waals surface area contributed by atoms with E-state index >= 15 is 0 Å². The Morgan fingerprint density at radius 1 is 1.11 bits per heavy atom. The molecule has 0 aliphatic rings. The summed E-state index contributed by atoms with van der Waals surface area (Å²) in [5.41, 5.74) is 2.99. The van der Waals surface area contributed by atoms with E-state index in [2.05, 4.69) is 9.55 Å². The molecule has 3 aromatic rings. The minimum atomic E-state index is 0.736. The van der Waals surface area contributed by atoms with Crippen molar-refractivity contribution in [1.82, 2.24) is 9.55 Å². The standard InChI is InChI=1S/C15H12N2O/c18-11-13-10-17(9-12-5-7-16-8-6-12)15-4-2-1-3-14(13)15/h1-8,10-11H,9H2. The molecular formula is C15H12N2O. The number of benzene rings is 1. The summed E-state index contributed by atoms with van der Waals surface area (Å²) in [5.74, 6) is 0. The van der Waals surface area contributed by atoms with Gasteiger partial charge in [0.15, 0.2) is 6.29 Å². The van der Waals surface area contributed by atoms with Gasteiger partial charge in [-0.25, -0.2) is 0 Å². The number of hydrogen-bond donors (Lipinski definition) is 0. The quantitative estimate of drug-likeness (QED) is 0.655. The van der Waals surface area contributed by atoms with E-state index in [0.29, 0.717) is 0 Å². The summed E-state index contributed by atoms with van der Waals surface area (Å²) >= 11 is 0. The Kier molecular flexibility index (Phi) is 2.65. The third-order valence-corrected chi connectivity index (χ3v) is 3.05. The number of aromatic nitrogens is 2. The van der Waals surface area contributed by atoms with Crippen molar-refractivity contribution in [1.29, 1.82) is 0 Å². The van der Waals surface area contributed by atoms with Crippen molar-refractivity contribution in [2.45, 2.75) is 6.54 Å². The van der Waals surface area contributed by atoms with Crippen LogP contribution in [0.4, 0.5) is 0 Å². The molecule has 0 N–H and O–H groups in total. The Morgan fingerprint density at radius 2 is 1.89 bits per heavy atom. The molecule has 1 aromatic carbocycles. The van der Waals surface area contributed by atoms with Crippen LogP contribution < -0.4 is 0 Å². The lowest BCUT2D eigenvalue weighted by Gasteiger charge is -2.04. The van der Waals surface area contributed by atoms with E-state index in [0.717, 1.165) is 29.3 Å². The summed E-state index contributed by atoms with van der Waals surface area (Å²) in [6.45, 7) is 0.747. The maximum absolute atomic E-state index is 11.1. The van der Waals surface area contributed by atoms with Gasteiger partial charge in [0.2, 0.25) is 0 Å². The van der Waals surface area contributed by atoms with Gasteiger partial charge in [-0.3, -0.25) is 9.78 Å². The fourth-order valence-electron chi connectivity index (χ4n) is 2.18. The van der Waals surface area contributed by atoms with Crippen molar-refractivity contribution >= 4 is 17.2 Å². The van der Waals surface area contributed by atoms with Gasteiger partial charge in [-0.05, 0) is 23.8 Å². The lowest BCUT2D eigenvalue weighted by Crippen LogP contribution is -1.97. The summed E-state index contributed by atoms with van der Waals surface area (Å²) in [7, 11) is 0. The van der Waals surface area contributed by atoms with Crippen LogP contribution in [0.1, 0.15) is 15.9 Å². The Morgan fingerprint density at radius 3 is 2.67 bits per heavy atom. The normalized spacial score (nSPS) is 10.7. The van der Waals surface area contributed by atoms with Crippen LogP contribution >= 0.6 is 0 Å². The maximum atomic E-state index is 11.1. The highest BCUT2D eigenvalue weighted by Gasteiger charge is 2.07. The van der Waals surface area contributed by atoms with Crippen LogP contribution in [0.3, 0.4) is 0 Å². The molecule has 0 bridgehead atoms. The highest BCUT2D eigenvalue weighted by Crippen LogP contribution is 2.20. The van der Waals surface area contributed by atoms with E-state index < -0.39 is 0 Å². The third kappa shape index (κ3) is 1.80. The van der Waals surface area contributed by atoms with Crippen molar-refractivity contribution in [2.75, 3.05) is 0 Å². The Hall–Kier alpha value is -2.42. The predicted octanol–water partition coefficient (Wildman–Crippen LogP) is 2.90. The van der Waals surface area contributed by atoms with Crippen molar-refractivity contribution in [3.05, 3.63) is 66.1 Å². The predicted molar refractivity (Wildman–Crippen MR) is 70.7 cm³/mol. The van der Waals surface area contributed by atoms with Crippen LogP contribution in [0.15, 0.2) is 55.0 Å². The third-order valence-electron chi connectivity index (χ3n) is 3.05. The van der Waals surface area contributed by atoms with Gasteiger partial charge in [-0.15, -0.1) is 0 Å². The lowest BCUT2D eigenvalue weighted by atomic mass is 10.2. The smallest absolute Gasteiger partial charge is 0.152 e. The zero-order valence-corrected chi connectivity index (χ0v) is 9.78. The molecule has 0 radical (unpaired) electrons. The van der Waals surface area contributed by atoms with E-state index in [1.165, 1.54) is 5.56 Å². The largest absolute Gasteiger partial charge is 0.342 e. The monoisotopic (exact) mass is 236 g/mol. The fraction of sp³-hybridized carbons (Fsp3) is 0.0667. The number of pyridine rings is 1. The molecular weight excluding hydrogens is 224 g/mol. The minimum Gasteiger partial charge on any atom is -0.342 e. The van der Waals surface area contributed by atoms with Gasteiger partial charge in [0.25, 0.3) is 0 Å². The topological polar surface area (TPSA) is 34.9 Å². The maximum Gasteiger partial charge on any atom is 0.152 e. The number of carbonyl (C=O) groups excluding carboxylic acids is 1. The molecule has 3 nitrogen and oxygen atoms in total. The molecule has 0 unspecified atom stereocenters. The molecule has 2 heterocycles. The molecule has 3 heteroatoms. The summed E-state index contributed by atoms with van der Waals surface area (Å²) in [6.07, 6.45) is 6.37. The van der Waals surface area contributed by atoms with Gasteiger partial charge in [-0.2, -0.15) is 0 Å². The molecule has 2 aromatic heterocycles. The molecule has 0 saturated carbocycles. The Labute approximate surface area is 105 Å². The minimum absolute atomic E-state index is 0.736. The second kappa shape index (κ2) is 4.45.